The van der Waals surface area contributed by atoms with E-state index in [4.69, 9.17) is 4.74 Å². The van der Waals surface area contributed by atoms with Crippen molar-refractivity contribution in [3.63, 3.8) is 0 Å². The SMILES string of the molecule is COC(=O)C(CS)NC(=O)c1cc(-c2cc(-c3cc(-c4cc(C)cc(C)c4)cc(-c4cc(C)cc(C)c4)c3)cc(-c3cc(-c4cc(C)cc(C)c4)cc(-c4cc(C)cc(C)c4)c3)c2)cc(-c2cc(-c3cc(-c4cc(C)cc(C)c4)cc(-c4cc(C)cc(C)c4)c3)cc(-c3cc(-c4cc(C)cc(C)c4)cc(-c4cc(C)cc(C)c4)c3)c2)c1. The number of methoxy groups -OCH3 is 1. The number of amides is 1. The third-order valence-corrected chi connectivity index (χ3v) is 22.6. The highest BCUT2D eigenvalue weighted by atomic mass is 32.1. The van der Waals surface area contributed by atoms with Crippen LogP contribution in [0.25, 0.3) is 156 Å². The molecule has 4 nitrogen and oxygen atoms in total. The highest BCUT2D eigenvalue weighted by Crippen LogP contribution is 2.46. The van der Waals surface area contributed by atoms with E-state index in [1.54, 1.807) is 0 Å². The molecule has 0 heterocycles. The molecule has 15 aromatic rings. The summed E-state index contributed by atoms with van der Waals surface area (Å²) in [5, 5.41) is 3.09. The zero-order valence-electron chi connectivity index (χ0n) is 69.9. The monoisotopic (exact) mass is 1530 g/mol. The van der Waals surface area contributed by atoms with E-state index in [-0.39, 0.29) is 5.75 Å². The summed E-state index contributed by atoms with van der Waals surface area (Å²) >= 11 is 4.64. The molecule has 0 aliphatic carbocycles. The van der Waals surface area contributed by atoms with E-state index in [9.17, 15) is 4.79 Å². The summed E-state index contributed by atoms with van der Waals surface area (Å²) in [6.07, 6.45) is 0. The second-order valence-electron chi connectivity index (χ2n) is 33.3. The van der Waals surface area contributed by atoms with Gasteiger partial charge in [-0.25, -0.2) is 4.79 Å². The summed E-state index contributed by atoms with van der Waals surface area (Å²) < 4.78 is 5.33. The lowest BCUT2D eigenvalue weighted by atomic mass is 9.86. The standard InChI is InChI=1S/C111H101NO3S/c1-64-18-65(2)27-80(26-64)88-42-89(81-28-66(3)19-67(4)29-81)47-96(46-88)100-54-101(97-48-90(82-30-68(5)20-69(6)31-82)43-91(49-97)83-32-70(7)21-71(8)33-83)57-104(56-100)106-60-107(62-108(61-106)110(113)112-109(63-116)111(114)115-17)105-58-102(98-50-92(84-34-72(9)22-73(10)35-84)44-93(51-98)85-36-74(11)23-75(12)37-85)55-103(59-105)99-52-94(86-38-76(13)24-77(14)39-86)45-95(53-99)87-40-78(15)25-79(16)41-87/h18-62,109,116H,63H2,1-17H3,(H,112,113). The lowest BCUT2D eigenvalue weighted by Gasteiger charge is -2.19. The molecule has 0 aliphatic heterocycles. The Balaban J connectivity index is 1.05. The molecular weight excluding hydrogens is 1430 g/mol. The van der Waals surface area contributed by atoms with Crippen molar-refractivity contribution in [2.75, 3.05) is 12.9 Å². The van der Waals surface area contributed by atoms with Crippen LogP contribution in [-0.4, -0.2) is 30.8 Å². The third kappa shape index (κ3) is 17.9. The maximum Gasteiger partial charge on any atom is 0.329 e. The van der Waals surface area contributed by atoms with Gasteiger partial charge in [-0.1, -0.05) is 235 Å². The molecule has 574 valence electrons. The molecule has 0 saturated heterocycles. The van der Waals surface area contributed by atoms with Crippen molar-refractivity contribution in [3.05, 3.63) is 368 Å². The van der Waals surface area contributed by atoms with E-state index < -0.39 is 17.9 Å². The van der Waals surface area contributed by atoms with Crippen LogP contribution in [0, 0.1) is 111 Å². The Kier molecular flexibility index (Phi) is 22.3. The average Bonchev–Trinajstić information content (AvgIpc) is 0.767. The summed E-state index contributed by atoms with van der Waals surface area (Å²) in [6, 6.07) is 102. The van der Waals surface area contributed by atoms with Crippen LogP contribution in [0.1, 0.15) is 99.4 Å². The molecule has 0 fully saturated rings. The maximum atomic E-state index is 15.8. The summed E-state index contributed by atoms with van der Waals surface area (Å²) in [4.78, 5) is 29.4. The van der Waals surface area contributed by atoms with Gasteiger partial charge in [-0.3, -0.25) is 4.79 Å². The zero-order valence-corrected chi connectivity index (χ0v) is 70.8. The number of esters is 1. The molecule has 1 unspecified atom stereocenters. The van der Waals surface area contributed by atoms with Crippen LogP contribution in [0.4, 0.5) is 0 Å². The van der Waals surface area contributed by atoms with E-state index in [1.165, 1.54) is 96.1 Å². The molecule has 0 spiro atoms. The molecule has 1 N–H and O–H groups in total. The molecular formula is C111H101NO3S. The van der Waals surface area contributed by atoms with Crippen LogP contribution in [0.2, 0.25) is 0 Å². The number of hydrogen-bond acceptors (Lipinski definition) is 4. The highest BCUT2D eigenvalue weighted by molar-refractivity contribution is 7.80. The molecule has 15 rings (SSSR count). The first-order chi connectivity index (χ1) is 55.5. The number of thiol groups is 1. The van der Waals surface area contributed by atoms with Crippen molar-refractivity contribution in [1.82, 2.24) is 5.32 Å². The highest BCUT2D eigenvalue weighted by Gasteiger charge is 2.25. The van der Waals surface area contributed by atoms with E-state index in [2.05, 4.69) is 390 Å². The number of carbonyl (C=O) groups is 2. The van der Waals surface area contributed by atoms with E-state index in [0.717, 1.165) is 156 Å². The van der Waals surface area contributed by atoms with Gasteiger partial charge in [0.15, 0.2) is 0 Å². The Labute approximate surface area is 692 Å². The van der Waals surface area contributed by atoms with Crippen molar-refractivity contribution in [3.8, 4) is 156 Å². The fourth-order valence-electron chi connectivity index (χ4n) is 17.6. The van der Waals surface area contributed by atoms with Gasteiger partial charge in [0.1, 0.15) is 6.04 Å². The zero-order chi connectivity index (χ0) is 81.7. The van der Waals surface area contributed by atoms with Gasteiger partial charge in [0.25, 0.3) is 5.91 Å². The third-order valence-electron chi connectivity index (χ3n) is 22.2. The minimum atomic E-state index is -1.04. The van der Waals surface area contributed by atoms with Crippen LogP contribution in [0.15, 0.2) is 273 Å². The van der Waals surface area contributed by atoms with E-state index >= 15 is 4.79 Å². The normalized spacial score (nSPS) is 11.6. The largest absolute Gasteiger partial charge is 0.467 e. The minimum absolute atomic E-state index is 0.0227. The smallest absolute Gasteiger partial charge is 0.329 e. The van der Waals surface area contributed by atoms with Crippen molar-refractivity contribution >= 4 is 24.5 Å². The number of hydrogen-bond donors (Lipinski definition) is 2. The van der Waals surface area contributed by atoms with E-state index in [1.807, 2.05) is 12.1 Å². The summed E-state index contributed by atoms with van der Waals surface area (Å²) in [5.41, 5.74) is 48.8. The van der Waals surface area contributed by atoms with E-state index in [0.29, 0.717) is 5.56 Å². The van der Waals surface area contributed by atoms with Gasteiger partial charge in [-0.05, 0) is 394 Å². The predicted molar refractivity (Wildman–Crippen MR) is 495 cm³/mol. The molecule has 0 radical (unpaired) electrons. The fraction of sp³-hybridized carbons (Fsp3) is 0.171. The van der Waals surface area contributed by atoms with Gasteiger partial charge in [0, 0.05) is 11.3 Å². The van der Waals surface area contributed by atoms with Crippen molar-refractivity contribution in [2.45, 2.75) is 117 Å². The molecule has 15 aromatic carbocycles. The van der Waals surface area contributed by atoms with Crippen molar-refractivity contribution in [2.24, 2.45) is 0 Å². The quantitative estimate of drug-likeness (QED) is 0.0665. The number of benzene rings is 15. The number of rotatable bonds is 18. The second-order valence-corrected chi connectivity index (χ2v) is 33.7. The molecule has 0 bridgehead atoms. The fourth-order valence-corrected chi connectivity index (χ4v) is 17.8. The van der Waals surface area contributed by atoms with Crippen LogP contribution >= 0.6 is 12.6 Å². The van der Waals surface area contributed by atoms with Gasteiger partial charge in [0.05, 0.1) is 7.11 Å². The van der Waals surface area contributed by atoms with Crippen molar-refractivity contribution in [1.29, 1.82) is 0 Å². The van der Waals surface area contributed by atoms with Gasteiger partial charge in [-0.15, -0.1) is 0 Å². The topological polar surface area (TPSA) is 55.4 Å². The number of carbonyl (C=O) groups excluding carboxylic acids is 2. The first-order valence-electron chi connectivity index (χ1n) is 40.3. The Bertz CT molecular complexity index is 5310. The van der Waals surface area contributed by atoms with Crippen LogP contribution < -0.4 is 5.32 Å². The molecule has 116 heavy (non-hydrogen) atoms. The number of ether oxygens (including phenoxy) is 1. The first kappa shape index (κ1) is 78.8. The molecule has 5 heteroatoms. The molecule has 0 aliphatic rings. The average molecular weight is 1530 g/mol. The lowest BCUT2D eigenvalue weighted by molar-refractivity contribution is -0.142. The second kappa shape index (κ2) is 32.8. The summed E-state index contributed by atoms with van der Waals surface area (Å²) in [7, 11) is 1.34. The minimum Gasteiger partial charge on any atom is -0.467 e. The molecule has 1 amide bonds. The van der Waals surface area contributed by atoms with Gasteiger partial charge in [-0.2, -0.15) is 12.6 Å². The molecule has 0 aromatic heterocycles. The molecule has 1 atom stereocenters. The summed E-state index contributed by atoms with van der Waals surface area (Å²) in [5.74, 6) is -1.01. The summed E-state index contributed by atoms with van der Waals surface area (Å²) in [6.45, 7) is 34.8. The van der Waals surface area contributed by atoms with Crippen LogP contribution in [0.5, 0.6) is 0 Å². The molecule has 0 saturated carbocycles. The Morgan fingerprint density at radius 3 is 0.431 bits per heavy atom. The van der Waals surface area contributed by atoms with Gasteiger partial charge < -0.3 is 10.1 Å². The maximum absolute atomic E-state index is 15.8. The number of nitrogens with one attached hydrogen (secondary N) is 1. The Morgan fingerprint density at radius 2 is 0.319 bits per heavy atom. The predicted octanol–water partition coefficient (Wildman–Crippen LogP) is 29.2. The first-order valence-corrected chi connectivity index (χ1v) is 40.9. The number of aryl methyl sites for hydroxylation is 16. The van der Waals surface area contributed by atoms with Crippen molar-refractivity contribution < 1.29 is 14.3 Å². The Hall–Kier alpha value is -12.4. The van der Waals surface area contributed by atoms with Crippen LogP contribution in [0.3, 0.4) is 0 Å². The van der Waals surface area contributed by atoms with Gasteiger partial charge in [0.2, 0.25) is 0 Å². The van der Waals surface area contributed by atoms with Crippen LogP contribution in [-0.2, 0) is 9.53 Å². The Morgan fingerprint density at radius 1 is 0.207 bits per heavy atom. The lowest BCUT2D eigenvalue weighted by Crippen LogP contribution is -2.42. The van der Waals surface area contributed by atoms with Gasteiger partial charge >= 0.3 is 5.97 Å².